The van der Waals surface area contributed by atoms with Crippen molar-refractivity contribution in [3.05, 3.63) is 29.8 Å². The third kappa shape index (κ3) is 14.1. The van der Waals surface area contributed by atoms with Gasteiger partial charge in [0.05, 0.1) is 4.90 Å². The van der Waals surface area contributed by atoms with Crippen molar-refractivity contribution in [3.63, 3.8) is 0 Å². The van der Waals surface area contributed by atoms with Crippen molar-refractivity contribution in [2.24, 2.45) is 0 Å². The Morgan fingerprint density at radius 3 is 1.59 bits per heavy atom. The van der Waals surface area contributed by atoms with Crippen LogP contribution in [-0.4, -0.2) is 50.7 Å². The average molecular weight is 425 g/mol. The van der Waals surface area contributed by atoms with Crippen LogP contribution in [0.3, 0.4) is 0 Å². The molecule has 0 saturated carbocycles. The molecule has 0 atom stereocenters. The Morgan fingerprint density at radius 2 is 1.15 bits per heavy atom. The Balaban J connectivity index is -0.00000225. The van der Waals surface area contributed by atoms with Crippen LogP contribution in [-0.2, 0) is 16.5 Å². The first kappa shape index (κ1) is 27.4. The van der Waals surface area contributed by atoms with Crippen LogP contribution in [0.1, 0.15) is 105 Å². The van der Waals surface area contributed by atoms with Crippen LogP contribution in [0, 0.1) is 0 Å². The predicted molar refractivity (Wildman–Crippen MR) is 118 cm³/mol. The summed E-state index contributed by atoms with van der Waals surface area (Å²) in [5, 5.41) is 0. The SMILES string of the molecule is CCCCCCCCCCCCCCCCc1ccccc1S(=O)(=O)O.[Ca+2].[H-].[H-]. The zero-order valence-corrected chi connectivity index (χ0v) is 20.3. The normalized spacial score (nSPS) is 11.3. The number of benzene rings is 1. The van der Waals surface area contributed by atoms with Crippen molar-refractivity contribution in [1.29, 1.82) is 0 Å². The Bertz CT molecular complexity index is 583. The van der Waals surface area contributed by atoms with Gasteiger partial charge in [0.15, 0.2) is 0 Å². The molecule has 154 valence electrons. The fourth-order valence-corrected chi connectivity index (χ4v) is 4.22. The molecule has 0 amide bonds. The van der Waals surface area contributed by atoms with Gasteiger partial charge >= 0.3 is 37.7 Å². The number of aryl methyl sites for hydroxylation is 1. The smallest absolute Gasteiger partial charge is 1.00 e. The fraction of sp³-hybridized carbons (Fsp3) is 0.727. The summed E-state index contributed by atoms with van der Waals surface area (Å²) in [6.07, 6.45) is 19.1. The third-order valence-electron chi connectivity index (χ3n) is 5.05. The van der Waals surface area contributed by atoms with Crippen LogP contribution in [0.2, 0.25) is 0 Å². The molecule has 0 aliphatic rings. The van der Waals surface area contributed by atoms with Crippen LogP contribution in [0.4, 0.5) is 0 Å². The summed E-state index contributed by atoms with van der Waals surface area (Å²) in [5.74, 6) is 0. The number of hydrogen-bond acceptors (Lipinski definition) is 2. The van der Waals surface area contributed by atoms with Crippen LogP contribution < -0.4 is 0 Å². The Morgan fingerprint density at radius 1 is 0.741 bits per heavy atom. The molecule has 0 fully saturated rings. The summed E-state index contributed by atoms with van der Waals surface area (Å²) >= 11 is 0. The van der Waals surface area contributed by atoms with Crippen LogP contribution >= 0.6 is 0 Å². The third-order valence-corrected chi connectivity index (χ3v) is 6.00. The first-order valence-electron chi connectivity index (χ1n) is 10.6. The molecule has 0 saturated heterocycles. The molecular formula is C22H40CaO3S. The van der Waals surface area contributed by atoms with Crippen molar-refractivity contribution in [2.75, 3.05) is 0 Å². The maximum atomic E-state index is 11.4. The van der Waals surface area contributed by atoms with Gasteiger partial charge < -0.3 is 2.85 Å². The fourth-order valence-electron chi connectivity index (χ4n) is 3.47. The van der Waals surface area contributed by atoms with E-state index in [4.69, 9.17) is 0 Å². The minimum atomic E-state index is -4.10. The van der Waals surface area contributed by atoms with E-state index in [1.54, 1.807) is 12.1 Å². The first-order chi connectivity index (χ1) is 12.6. The quantitative estimate of drug-likeness (QED) is 0.180. The second kappa shape index (κ2) is 17.3. The molecule has 0 spiro atoms. The van der Waals surface area contributed by atoms with Crippen molar-refractivity contribution < 1.29 is 15.8 Å². The van der Waals surface area contributed by atoms with Gasteiger partial charge in [0.25, 0.3) is 10.1 Å². The summed E-state index contributed by atoms with van der Waals surface area (Å²) in [6.45, 7) is 2.26. The maximum Gasteiger partial charge on any atom is 2.00 e. The molecule has 0 aromatic heterocycles. The van der Waals surface area contributed by atoms with E-state index in [1.165, 1.54) is 83.1 Å². The maximum absolute atomic E-state index is 11.4. The van der Waals surface area contributed by atoms with Crippen LogP contribution in [0.15, 0.2) is 29.2 Å². The average Bonchev–Trinajstić information content (AvgIpc) is 2.61. The van der Waals surface area contributed by atoms with Gasteiger partial charge in [0.1, 0.15) is 0 Å². The largest absolute Gasteiger partial charge is 2.00 e. The van der Waals surface area contributed by atoms with Gasteiger partial charge in [-0.2, -0.15) is 8.42 Å². The molecule has 5 heteroatoms. The second-order valence-electron chi connectivity index (χ2n) is 7.43. The van der Waals surface area contributed by atoms with E-state index in [0.29, 0.717) is 6.42 Å². The summed E-state index contributed by atoms with van der Waals surface area (Å²) in [7, 11) is -4.10. The second-order valence-corrected chi connectivity index (χ2v) is 8.82. The van der Waals surface area contributed by atoms with Crippen molar-refractivity contribution in [2.45, 2.75) is 108 Å². The van der Waals surface area contributed by atoms with E-state index in [0.717, 1.165) is 18.4 Å². The molecule has 0 heterocycles. The van der Waals surface area contributed by atoms with Gasteiger partial charge in [0.2, 0.25) is 0 Å². The molecular weight excluding hydrogens is 384 g/mol. The molecule has 3 nitrogen and oxygen atoms in total. The molecule has 0 unspecified atom stereocenters. The Labute approximate surface area is 200 Å². The van der Waals surface area contributed by atoms with Gasteiger partial charge in [0, 0.05) is 0 Å². The topological polar surface area (TPSA) is 54.4 Å². The molecule has 1 aromatic rings. The van der Waals surface area contributed by atoms with Crippen LogP contribution in [0.5, 0.6) is 0 Å². The molecule has 27 heavy (non-hydrogen) atoms. The van der Waals surface area contributed by atoms with Crippen molar-refractivity contribution >= 4 is 47.9 Å². The summed E-state index contributed by atoms with van der Waals surface area (Å²) < 4.78 is 32.0. The number of unbranched alkanes of at least 4 members (excludes halogenated alkanes) is 13. The van der Waals surface area contributed by atoms with Crippen LogP contribution in [0.25, 0.3) is 0 Å². The molecule has 0 aliphatic heterocycles. The standard InChI is InChI=1S/C22H38O3S.Ca.2H/c1-2-3-4-5-6-7-8-9-10-11-12-13-14-15-18-21-19-16-17-20-22(21)26(23,24)25;;;/h16-17,19-20H,2-15,18H2,1H3,(H,23,24,25);;;/q;+2;2*-1. The first-order valence-corrected chi connectivity index (χ1v) is 12.0. The molecule has 0 radical (unpaired) electrons. The monoisotopic (exact) mass is 424 g/mol. The van der Waals surface area contributed by atoms with E-state index >= 15 is 0 Å². The van der Waals surface area contributed by atoms with Crippen molar-refractivity contribution in [1.82, 2.24) is 0 Å². The number of hydrogen-bond donors (Lipinski definition) is 1. The minimum absolute atomic E-state index is 0. The summed E-state index contributed by atoms with van der Waals surface area (Å²) in [5.41, 5.74) is 0.730. The Kier molecular flexibility index (Phi) is 17.5. The molecule has 0 bridgehead atoms. The van der Waals surface area contributed by atoms with E-state index in [9.17, 15) is 13.0 Å². The Hall–Kier alpha value is 0.390. The van der Waals surface area contributed by atoms with E-state index in [1.807, 2.05) is 6.07 Å². The summed E-state index contributed by atoms with van der Waals surface area (Å²) in [4.78, 5) is 0.0645. The number of rotatable bonds is 16. The minimum Gasteiger partial charge on any atom is -1.00 e. The van der Waals surface area contributed by atoms with Crippen molar-refractivity contribution in [3.8, 4) is 0 Å². The zero-order chi connectivity index (χ0) is 19.1. The molecule has 0 aliphatic carbocycles. The van der Waals surface area contributed by atoms with E-state index in [-0.39, 0.29) is 45.5 Å². The molecule has 1 aromatic carbocycles. The van der Waals surface area contributed by atoms with Gasteiger partial charge in [-0.3, -0.25) is 4.55 Å². The molecule has 1 rings (SSSR count). The van der Waals surface area contributed by atoms with Gasteiger partial charge in [-0.25, -0.2) is 0 Å². The molecule has 1 N–H and O–H groups in total. The van der Waals surface area contributed by atoms with E-state index in [2.05, 4.69) is 6.92 Å². The van der Waals surface area contributed by atoms with E-state index < -0.39 is 10.1 Å². The van der Waals surface area contributed by atoms with Gasteiger partial charge in [-0.15, -0.1) is 0 Å². The summed E-state index contributed by atoms with van der Waals surface area (Å²) in [6, 6.07) is 6.76. The van der Waals surface area contributed by atoms with Gasteiger partial charge in [-0.1, -0.05) is 109 Å². The predicted octanol–water partition coefficient (Wildman–Crippen LogP) is 6.80. The zero-order valence-electron chi connectivity index (χ0n) is 19.3. The van der Waals surface area contributed by atoms with Gasteiger partial charge in [-0.05, 0) is 24.5 Å².